The molecule has 3 nitrogen and oxygen atoms in total. The van der Waals surface area contributed by atoms with Gasteiger partial charge >= 0.3 is 0 Å². The Kier molecular flexibility index (Phi) is 3.71. The highest BCUT2D eigenvalue weighted by atomic mass is 32.2. The van der Waals surface area contributed by atoms with Crippen molar-refractivity contribution in [3.63, 3.8) is 0 Å². The van der Waals surface area contributed by atoms with Crippen LogP contribution in [0, 0.1) is 24.0 Å². The Morgan fingerprint density at radius 1 is 1.43 bits per heavy atom. The van der Waals surface area contributed by atoms with Crippen LogP contribution in [0.25, 0.3) is 0 Å². The van der Waals surface area contributed by atoms with Gasteiger partial charge in [0.15, 0.2) is 0 Å². The van der Waals surface area contributed by atoms with Gasteiger partial charge in [-0.2, -0.15) is 0 Å². The molecule has 0 radical (unpaired) electrons. The first-order valence-corrected chi connectivity index (χ1v) is 5.01. The van der Waals surface area contributed by atoms with Gasteiger partial charge in [0, 0.05) is 10.3 Å². The van der Waals surface area contributed by atoms with E-state index in [4.69, 9.17) is 0 Å². The van der Waals surface area contributed by atoms with Crippen molar-refractivity contribution < 1.29 is 4.92 Å². The average molecular weight is 209 g/mol. The summed E-state index contributed by atoms with van der Waals surface area (Å²) in [6.07, 6.45) is 0.948. The molecular formula is C10H11NO2S. The molecule has 14 heavy (non-hydrogen) atoms. The van der Waals surface area contributed by atoms with Gasteiger partial charge in [0.25, 0.3) is 0 Å². The fourth-order valence-corrected chi connectivity index (χ4v) is 1.78. The van der Waals surface area contributed by atoms with Crippen LogP contribution in [0.1, 0.15) is 11.1 Å². The summed E-state index contributed by atoms with van der Waals surface area (Å²) < 4.78 is 0. The van der Waals surface area contributed by atoms with E-state index in [1.54, 1.807) is 0 Å². The highest BCUT2D eigenvalue weighted by molar-refractivity contribution is 8.02. The number of thioether (sulfide) groups is 1. The van der Waals surface area contributed by atoms with E-state index in [1.807, 2.05) is 26.0 Å². The number of aryl methyl sites for hydroxylation is 2. The van der Waals surface area contributed by atoms with Crippen LogP contribution in [0.3, 0.4) is 0 Å². The minimum atomic E-state index is -0.462. The molecule has 4 heteroatoms. The first-order valence-electron chi connectivity index (χ1n) is 4.13. The Labute approximate surface area is 87.0 Å². The summed E-state index contributed by atoms with van der Waals surface area (Å²) in [6, 6.07) is 6.03. The molecule has 1 aromatic carbocycles. The molecule has 0 unspecified atom stereocenters. The Morgan fingerprint density at radius 3 is 2.71 bits per heavy atom. The highest BCUT2D eigenvalue weighted by Crippen LogP contribution is 2.23. The molecule has 0 heterocycles. The predicted molar refractivity (Wildman–Crippen MR) is 57.9 cm³/mol. The van der Waals surface area contributed by atoms with E-state index >= 15 is 0 Å². The summed E-state index contributed by atoms with van der Waals surface area (Å²) in [7, 11) is 0. The smallest absolute Gasteiger partial charge is 0.241 e. The lowest BCUT2D eigenvalue weighted by molar-refractivity contribution is -0.402. The molecule has 0 atom stereocenters. The lowest BCUT2D eigenvalue weighted by Gasteiger charge is -2.01. The molecular weight excluding hydrogens is 198 g/mol. The van der Waals surface area contributed by atoms with Crippen LogP contribution in [-0.2, 0) is 0 Å². The lowest BCUT2D eigenvalue weighted by Crippen LogP contribution is -1.82. The second kappa shape index (κ2) is 4.81. The third kappa shape index (κ3) is 3.22. The zero-order chi connectivity index (χ0) is 10.6. The van der Waals surface area contributed by atoms with Crippen LogP contribution in [0.15, 0.2) is 34.7 Å². The van der Waals surface area contributed by atoms with Gasteiger partial charge in [-0.15, -0.1) is 0 Å². The highest BCUT2D eigenvalue weighted by Gasteiger charge is 1.97. The molecule has 0 N–H and O–H groups in total. The SMILES string of the molecule is Cc1ccc(SC=C[N+](=O)[O-])c(C)c1. The van der Waals surface area contributed by atoms with E-state index in [9.17, 15) is 10.1 Å². The largest absolute Gasteiger partial charge is 0.259 e. The average Bonchev–Trinajstić information content (AvgIpc) is 2.08. The molecule has 1 rings (SSSR count). The summed E-state index contributed by atoms with van der Waals surface area (Å²) in [5, 5.41) is 11.5. The van der Waals surface area contributed by atoms with E-state index in [0.717, 1.165) is 16.7 Å². The summed E-state index contributed by atoms with van der Waals surface area (Å²) in [4.78, 5) is 10.6. The van der Waals surface area contributed by atoms with Crippen molar-refractivity contribution in [2.75, 3.05) is 0 Å². The lowest BCUT2D eigenvalue weighted by atomic mass is 10.2. The van der Waals surface area contributed by atoms with Gasteiger partial charge in [0.1, 0.15) is 0 Å². The number of nitro groups is 1. The molecule has 74 valence electrons. The Balaban J connectivity index is 2.73. The molecule has 0 fully saturated rings. The molecule has 0 aliphatic rings. The van der Waals surface area contributed by atoms with Crippen molar-refractivity contribution in [1.29, 1.82) is 0 Å². The maximum atomic E-state index is 10.0. The van der Waals surface area contributed by atoms with E-state index in [2.05, 4.69) is 6.07 Å². The van der Waals surface area contributed by atoms with Gasteiger partial charge in [-0.3, -0.25) is 10.1 Å². The maximum Gasteiger partial charge on any atom is 0.241 e. The number of hydrogen-bond acceptors (Lipinski definition) is 3. The third-order valence-corrected chi connectivity index (χ3v) is 2.68. The van der Waals surface area contributed by atoms with Crippen molar-refractivity contribution in [2.45, 2.75) is 18.7 Å². The van der Waals surface area contributed by atoms with Crippen LogP contribution in [0.2, 0.25) is 0 Å². The van der Waals surface area contributed by atoms with Crippen molar-refractivity contribution >= 4 is 11.8 Å². The molecule has 1 aromatic rings. The zero-order valence-corrected chi connectivity index (χ0v) is 8.88. The van der Waals surface area contributed by atoms with Crippen LogP contribution >= 0.6 is 11.8 Å². The summed E-state index contributed by atoms with van der Waals surface area (Å²) in [6.45, 7) is 4.02. The van der Waals surface area contributed by atoms with Crippen molar-refractivity contribution in [3.8, 4) is 0 Å². The zero-order valence-electron chi connectivity index (χ0n) is 8.06. The van der Waals surface area contributed by atoms with E-state index in [1.165, 1.54) is 22.7 Å². The van der Waals surface area contributed by atoms with E-state index in [0.29, 0.717) is 0 Å². The second-order valence-electron chi connectivity index (χ2n) is 2.96. The number of hydrogen-bond donors (Lipinski definition) is 0. The quantitative estimate of drug-likeness (QED) is 0.436. The Bertz CT molecular complexity index is 374. The molecule has 0 aliphatic heterocycles. The van der Waals surface area contributed by atoms with Crippen LogP contribution < -0.4 is 0 Å². The predicted octanol–water partition coefficient (Wildman–Crippen LogP) is 3.14. The van der Waals surface area contributed by atoms with Crippen LogP contribution in [-0.4, -0.2) is 4.92 Å². The molecule has 0 spiro atoms. The Hall–Kier alpha value is -1.29. The van der Waals surface area contributed by atoms with Crippen LogP contribution in [0.5, 0.6) is 0 Å². The van der Waals surface area contributed by atoms with Crippen molar-refractivity contribution in [1.82, 2.24) is 0 Å². The fraction of sp³-hybridized carbons (Fsp3) is 0.200. The summed E-state index contributed by atoms with van der Waals surface area (Å²) in [5.74, 6) is 0. The third-order valence-electron chi connectivity index (χ3n) is 1.71. The van der Waals surface area contributed by atoms with Crippen molar-refractivity contribution in [3.05, 3.63) is 51.0 Å². The fourth-order valence-electron chi connectivity index (χ4n) is 1.08. The first-order chi connectivity index (χ1) is 6.59. The molecule has 0 saturated carbocycles. The molecule has 0 aliphatic carbocycles. The number of benzene rings is 1. The van der Waals surface area contributed by atoms with Gasteiger partial charge in [0.2, 0.25) is 6.20 Å². The molecule has 0 aromatic heterocycles. The monoisotopic (exact) mass is 209 g/mol. The number of rotatable bonds is 3. The van der Waals surface area contributed by atoms with E-state index in [-0.39, 0.29) is 0 Å². The maximum absolute atomic E-state index is 10.0. The number of nitrogens with zero attached hydrogens (tertiary/aromatic N) is 1. The van der Waals surface area contributed by atoms with Gasteiger partial charge in [-0.05, 0) is 25.5 Å². The molecule has 0 saturated heterocycles. The second-order valence-corrected chi connectivity index (χ2v) is 3.91. The van der Waals surface area contributed by atoms with Crippen molar-refractivity contribution in [2.24, 2.45) is 0 Å². The minimum absolute atomic E-state index is 0.462. The van der Waals surface area contributed by atoms with E-state index < -0.39 is 4.92 Å². The topological polar surface area (TPSA) is 43.1 Å². The standard InChI is InChI=1S/C10H11NO2S/c1-8-3-4-10(9(2)7-8)14-6-5-11(12)13/h3-7H,1-2H3. The summed E-state index contributed by atoms with van der Waals surface area (Å²) >= 11 is 1.36. The minimum Gasteiger partial charge on any atom is -0.259 e. The normalized spacial score (nSPS) is 10.7. The first kappa shape index (κ1) is 10.8. The molecule has 0 amide bonds. The van der Waals surface area contributed by atoms with Gasteiger partial charge < -0.3 is 0 Å². The van der Waals surface area contributed by atoms with Gasteiger partial charge in [-0.1, -0.05) is 29.5 Å². The Morgan fingerprint density at radius 2 is 2.14 bits per heavy atom. The molecule has 0 bridgehead atoms. The van der Waals surface area contributed by atoms with Gasteiger partial charge in [-0.25, -0.2) is 0 Å². The summed E-state index contributed by atoms with van der Waals surface area (Å²) in [5.41, 5.74) is 2.34. The van der Waals surface area contributed by atoms with Gasteiger partial charge in [0.05, 0.1) is 4.92 Å². The van der Waals surface area contributed by atoms with Crippen LogP contribution in [0.4, 0.5) is 0 Å².